The number of benzene rings is 1. The first-order valence-electron chi connectivity index (χ1n) is 7.04. The first-order valence-corrected chi connectivity index (χ1v) is 7.04. The molecule has 1 aromatic carbocycles. The Morgan fingerprint density at radius 1 is 1.30 bits per heavy atom. The van der Waals surface area contributed by atoms with Gasteiger partial charge < -0.3 is 10.2 Å². The Kier molecular flexibility index (Phi) is 3.76. The van der Waals surface area contributed by atoms with Crippen molar-refractivity contribution in [3.05, 3.63) is 47.9 Å². The third-order valence-electron chi connectivity index (χ3n) is 3.68. The molecule has 1 aromatic heterocycles. The number of piperazine rings is 1. The molecule has 1 unspecified atom stereocenters. The van der Waals surface area contributed by atoms with Gasteiger partial charge in [0, 0.05) is 31.4 Å². The second-order valence-corrected chi connectivity index (χ2v) is 5.44. The fraction of sp³-hybridized carbons (Fsp3) is 0.375. The standard InChI is InChI=1S/C16H20N4/c1-12-4-3-5-13(10-12)14-6-7-18-16(19-14)15-11-20(2)9-8-17-15/h3-7,10,15,17H,8-9,11H2,1-2H3. The van der Waals surface area contributed by atoms with Gasteiger partial charge in [-0.3, -0.25) is 0 Å². The van der Waals surface area contributed by atoms with E-state index in [-0.39, 0.29) is 6.04 Å². The number of nitrogens with zero attached hydrogens (tertiary/aromatic N) is 3. The summed E-state index contributed by atoms with van der Waals surface area (Å²) in [6.07, 6.45) is 1.86. The first kappa shape index (κ1) is 13.2. The van der Waals surface area contributed by atoms with Crippen molar-refractivity contribution in [2.45, 2.75) is 13.0 Å². The van der Waals surface area contributed by atoms with Crippen molar-refractivity contribution in [2.24, 2.45) is 0 Å². The zero-order chi connectivity index (χ0) is 13.9. The Hall–Kier alpha value is -1.78. The van der Waals surface area contributed by atoms with Gasteiger partial charge in [-0.05, 0) is 26.1 Å². The van der Waals surface area contributed by atoms with E-state index in [9.17, 15) is 0 Å². The number of rotatable bonds is 2. The molecule has 0 bridgehead atoms. The van der Waals surface area contributed by atoms with Gasteiger partial charge in [0.15, 0.2) is 0 Å². The molecule has 1 aliphatic heterocycles. The molecule has 3 rings (SSSR count). The molecule has 104 valence electrons. The Labute approximate surface area is 119 Å². The van der Waals surface area contributed by atoms with Crippen LogP contribution in [0.5, 0.6) is 0 Å². The van der Waals surface area contributed by atoms with Crippen LogP contribution in [0.4, 0.5) is 0 Å². The Morgan fingerprint density at radius 2 is 2.20 bits per heavy atom. The highest BCUT2D eigenvalue weighted by atomic mass is 15.2. The van der Waals surface area contributed by atoms with Crippen LogP contribution in [0, 0.1) is 6.92 Å². The Morgan fingerprint density at radius 3 is 3.00 bits per heavy atom. The van der Waals surface area contributed by atoms with Crippen LogP contribution in [0.25, 0.3) is 11.3 Å². The molecular weight excluding hydrogens is 248 g/mol. The summed E-state index contributed by atoms with van der Waals surface area (Å²) in [5.41, 5.74) is 3.39. The summed E-state index contributed by atoms with van der Waals surface area (Å²) in [5.74, 6) is 0.885. The van der Waals surface area contributed by atoms with Crippen LogP contribution in [-0.2, 0) is 0 Å². The Bertz CT molecular complexity index is 597. The van der Waals surface area contributed by atoms with Crippen LogP contribution in [-0.4, -0.2) is 41.5 Å². The minimum Gasteiger partial charge on any atom is -0.305 e. The van der Waals surface area contributed by atoms with Crippen molar-refractivity contribution in [3.63, 3.8) is 0 Å². The van der Waals surface area contributed by atoms with E-state index in [2.05, 4.69) is 53.4 Å². The predicted octanol–water partition coefficient (Wildman–Crippen LogP) is 2.03. The third kappa shape index (κ3) is 2.86. The molecule has 0 saturated carbocycles. The average Bonchev–Trinajstić information content (AvgIpc) is 2.47. The molecule has 1 saturated heterocycles. The zero-order valence-electron chi connectivity index (χ0n) is 12.0. The van der Waals surface area contributed by atoms with Crippen LogP contribution in [0.2, 0.25) is 0 Å². The highest BCUT2D eigenvalue weighted by molar-refractivity contribution is 5.59. The summed E-state index contributed by atoms with van der Waals surface area (Å²) in [6, 6.07) is 10.6. The van der Waals surface area contributed by atoms with E-state index in [0.717, 1.165) is 36.7 Å². The molecule has 1 atom stereocenters. The summed E-state index contributed by atoms with van der Waals surface area (Å²) in [7, 11) is 2.14. The van der Waals surface area contributed by atoms with Gasteiger partial charge in [-0.2, -0.15) is 0 Å². The maximum atomic E-state index is 4.74. The normalized spacial score (nSPS) is 20.0. The quantitative estimate of drug-likeness (QED) is 0.905. The second-order valence-electron chi connectivity index (χ2n) is 5.44. The van der Waals surface area contributed by atoms with Crippen molar-refractivity contribution >= 4 is 0 Å². The SMILES string of the molecule is Cc1cccc(-c2ccnc(C3CN(C)CCN3)n2)c1. The fourth-order valence-electron chi connectivity index (χ4n) is 2.58. The molecule has 2 heterocycles. The van der Waals surface area contributed by atoms with Crippen LogP contribution in [0.15, 0.2) is 36.5 Å². The van der Waals surface area contributed by atoms with Gasteiger partial charge in [0.25, 0.3) is 0 Å². The van der Waals surface area contributed by atoms with Gasteiger partial charge in [-0.25, -0.2) is 9.97 Å². The number of nitrogens with one attached hydrogen (secondary N) is 1. The molecule has 1 N–H and O–H groups in total. The molecule has 4 heteroatoms. The summed E-state index contributed by atoms with van der Waals surface area (Å²) < 4.78 is 0. The molecule has 0 amide bonds. The molecule has 1 aliphatic rings. The second kappa shape index (κ2) is 5.69. The van der Waals surface area contributed by atoms with E-state index in [4.69, 9.17) is 4.98 Å². The highest BCUT2D eigenvalue weighted by Gasteiger charge is 2.20. The molecule has 0 radical (unpaired) electrons. The fourth-order valence-corrected chi connectivity index (χ4v) is 2.58. The monoisotopic (exact) mass is 268 g/mol. The van der Waals surface area contributed by atoms with E-state index >= 15 is 0 Å². The van der Waals surface area contributed by atoms with Crippen molar-refractivity contribution in [1.29, 1.82) is 0 Å². The summed E-state index contributed by atoms with van der Waals surface area (Å²) >= 11 is 0. The lowest BCUT2D eigenvalue weighted by Crippen LogP contribution is -2.44. The molecule has 0 spiro atoms. The maximum Gasteiger partial charge on any atom is 0.147 e. The van der Waals surface area contributed by atoms with Gasteiger partial charge in [-0.15, -0.1) is 0 Å². The van der Waals surface area contributed by atoms with Gasteiger partial charge in [-0.1, -0.05) is 23.8 Å². The molecule has 2 aromatic rings. The molecule has 4 nitrogen and oxygen atoms in total. The van der Waals surface area contributed by atoms with E-state index < -0.39 is 0 Å². The van der Waals surface area contributed by atoms with Crippen LogP contribution >= 0.6 is 0 Å². The van der Waals surface area contributed by atoms with Crippen molar-refractivity contribution < 1.29 is 0 Å². The molecule has 0 aliphatic carbocycles. The lowest BCUT2D eigenvalue weighted by atomic mass is 10.1. The number of aromatic nitrogens is 2. The van der Waals surface area contributed by atoms with Crippen molar-refractivity contribution in [2.75, 3.05) is 26.7 Å². The number of likely N-dealkylation sites (N-methyl/N-ethyl adjacent to an activating group) is 1. The van der Waals surface area contributed by atoms with Crippen LogP contribution in [0.3, 0.4) is 0 Å². The average molecular weight is 268 g/mol. The van der Waals surface area contributed by atoms with Crippen molar-refractivity contribution in [1.82, 2.24) is 20.2 Å². The zero-order valence-corrected chi connectivity index (χ0v) is 12.0. The van der Waals surface area contributed by atoms with Gasteiger partial charge in [0.1, 0.15) is 5.82 Å². The molecular formula is C16H20N4. The minimum absolute atomic E-state index is 0.221. The topological polar surface area (TPSA) is 41.1 Å². The predicted molar refractivity (Wildman–Crippen MR) is 80.4 cm³/mol. The van der Waals surface area contributed by atoms with Gasteiger partial charge in [0.05, 0.1) is 11.7 Å². The summed E-state index contributed by atoms with van der Waals surface area (Å²) in [6.45, 7) is 5.12. The molecule has 20 heavy (non-hydrogen) atoms. The van der Waals surface area contributed by atoms with Gasteiger partial charge >= 0.3 is 0 Å². The summed E-state index contributed by atoms with van der Waals surface area (Å²) in [5, 5.41) is 3.49. The lowest BCUT2D eigenvalue weighted by molar-refractivity contribution is 0.235. The number of hydrogen-bond donors (Lipinski definition) is 1. The highest BCUT2D eigenvalue weighted by Crippen LogP contribution is 2.20. The van der Waals surface area contributed by atoms with E-state index in [1.807, 2.05) is 12.3 Å². The third-order valence-corrected chi connectivity index (χ3v) is 3.68. The maximum absolute atomic E-state index is 4.74. The van der Waals surface area contributed by atoms with Crippen LogP contribution in [0.1, 0.15) is 17.4 Å². The van der Waals surface area contributed by atoms with E-state index in [0.29, 0.717) is 0 Å². The van der Waals surface area contributed by atoms with E-state index in [1.54, 1.807) is 0 Å². The number of aryl methyl sites for hydroxylation is 1. The lowest BCUT2D eigenvalue weighted by Gasteiger charge is -2.29. The first-order chi connectivity index (χ1) is 9.72. The van der Waals surface area contributed by atoms with E-state index in [1.165, 1.54) is 5.56 Å². The smallest absolute Gasteiger partial charge is 0.147 e. The van der Waals surface area contributed by atoms with Crippen LogP contribution < -0.4 is 5.32 Å². The largest absolute Gasteiger partial charge is 0.305 e. The molecule has 1 fully saturated rings. The van der Waals surface area contributed by atoms with Gasteiger partial charge in [0.2, 0.25) is 0 Å². The van der Waals surface area contributed by atoms with Crippen molar-refractivity contribution in [3.8, 4) is 11.3 Å². The Balaban J connectivity index is 1.89. The number of hydrogen-bond acceptors (Lipinski definition) is 4. The summed E-state index contributed by atoms with van der Waals surface area (Å²) in [4.78, 5) is 11.5. The minimum atomic E-state index is 0.221.